The van der Waals surface area contributed by atoms with Crippen molar-refractivity contribution in [2.75, 3.05) is 5.73 Å². The van der Waals surface area contributed by atoms with Gasteiger partial charge in [-0.15, -0.1) is 0 Å². The maximum absolute atomic E-state index is 11.2. The number of benzene rings is 1. The molecule has 22 heavy (non-hydrogen) atoms. The molecule has 0 unspecified atom stereocenters. The lowest BCUT2D eigenvalue weighted by Gasteiger charge is -2.12. The van der Waals surface area contributed by atoms with Crippen LogP contribution in [0.5, 0.6) is 11.6 Å². The summed E-state index contributed by atoms with van der Waals surface area (Å²) in [7, 11) is 0. The van der Waals surface area contributed by atoms with Crippen molar-refractivity contribution in [3.8, 4) is 11.6 Å². The monoisotopic (exact) mass is 297 g/mol. The van der Waals surface area contributed by atoms with Crippen molar-refractivity contribution in [3.63, 3.8) is 0 Å². The molecule has 0 spiro atoms. The smallest absolute Gasteiger partial charge is 0.358 e. The summed E-state index contributed by atoms with van der Waals surface area (Å²) in [5, 5.41) is 9.16. The lowest BCUT2D eigenvalue weighted by Crippen LogP contribution is -2.11. The lowest BCUT2D eigenvalue weighted by molar-refractivity contribution is 0.0690. The number of aromatic carboxylic acids is 1. The van der Waals surface area contributed by atoms with Gasteiger partial charge in [0.2, 0.25) is 5.88 Å². The fourth-order valence-electron chi connectivity index (χ4n) is 2.36. The molecule has 0 radical (unpaired) electrons. The molecular weight excluding hydrogens is 282 g/mol. The zero-order chi connectivity index (χ0) is 15.5. The summed E-state index contributed by atoms with van der Waals surface area (Å²) >= 11 is 0. The summed E-state index contributed by atoms with van der Waals surface area (Å²) in [5.41, 5.74) is 6.92. The molecule has 0 atom stereocenters. The molecule has 1 aliphatic rings. The fourth-order valence-corrected chi connectivity index (χ4v) is 2.36. The van der Waals surface area contributed by atoms with Crippen molar-refractivity contribution in [3.05, 3.63) is 47.8 Å². The highest BCUT2D eigenvalue weighted by Gasteiger charge is 2.22. The minimum atomic E-state index is -1.23. The second-order valence-corrected chi connectivity index (χ2v) is 4.95. The number of allylic oxidation sites excluding steroid dienone is 2. The topological polar surface area (TPSA) is 98.3 Å². The number of nitrogens with two attached hydrogens (primary N) is 1. The van der Waals surface area contributed by atoms with Gasteiger partial charge in [-0.2, -0.15) is 0 Å². The number of nitrogen functional groups attached to an aromatic ring is 1. The van der Waals surface area contributed by atoms with Gasteiger partial charge in [0, 0.05) is 0 Å². The maximum atomic E-state index is 11.2. The maximum Gasteiger partial charge on any atom is 0.358 e. The highest BCUT2D eigenvalue weighted by Crippen LogP contribution is 2.34. The van der Waals surface area contributed by atoms with Gasteiger partial charge in [0.05, 0.1) is 0 Å². The summed E-state index contributed by atoms with van der Waals surface area (Å²) in [6.07, 6.45) is 4.90. The van der Waals surface area contributed by atoms with Gasteiger partial charge in [-0.1, -0.05) is 24.3 Å². The van der Waals surface area contributed by atoms with Crippen LogP contribution in [-0.2, 0) is 0 Å². The number of para-hydroxylation sites is 1. The molecule has 112 valence electrons. The van der Waals surface area contributed by atoms with Crippen LogP contribution in [0.4, 0.5) is 5.82 Å². The Bertz CT molecular complexity index is 742. The summed E-state index contributed by atoms with van der Waals surface area (Å²) in [6.45, 7) is 0. The number of ether oxygens (including phenoxy) is 1. The normalized spacial score (nSPS) is 13.7. The third kappa shape index (κ3) is 2.76. The minimum Gasteiger partial charge on any atom is -0.476 e. The molecule has 1 heterocycles. The summed E-state index contributed by atoms with van der Waals surface area (Å²) in [6, 6.07) is 9.06. The van der Waals surface area contributed by atoms with Crippen molar-refractivity contribution >= 4 is 17.4 Å². The SMILES string of the molecule is Nc1nc(C2=CCCC2)c(Oc2ccccc2)nc1C(=O)O. The molecule has 3 N–H and O–H groups in total. The predicted molar refractivity (Wildman–Crippen MR) is 81.7 cm³/mol. The van der Waals surface area contributed by atoms with Crippen LogP contribution in [-0.4, -0.2) is 21.0 Å². The van der Waals surface area contributed by atoms with Gasteiger partial charge >= 0.3 is 5.97 Å². The van der Waals surface area contributed by atoms with E-state index < -0.39 is 5.97 Å². The molecule has 1 aliphatic carbocycles. The van der Waals surface area contributed by atoms with Crippen LogP contribution in [0.25, 0.3) is 5.57 Å². The van der Waals surface area contributed by atoms with E-state index in [1.807, 2.05) is 18.2 Å². The van der Waals surface area contributed by atoms with E-state index in [4.69, 9.17) is 15.6 Å². The molecule has 0 saturated carbocycles. The zero-order valence-electron chi connectivity index (χ0n) is 11.8. The van der Waals surface area contributed by atoms with Crippen LogP contribution in [0.3, 0.4) is 0 Å². The predicted octanol–water partition coefficient (Wildman–Crippen LogP) is 3.12. The summed E-state index contributed by atoms with van der Waals surface area (Å²) in [5.74, 6) is -0.589. The van der Waals surface area contributed by atoms with E-state index in [-0.39, 0.29) is 17.4 Å². The van der Waals surface area contributed by atoms with Gasteiger partial charge in [0.25, 0.3) is 0 Å². The number of rotatable bonds is 4. The molecule has 0 amide bonds. The van der Waals surface area contributed by atoms with Crippen LogP contribution in [0.15, 0.2) is 36.4 Å². The molecule has 1 aromatic heterocycles. The Kier molecular flexibility index (Phi) is 3.74. The standard InChI is InChI=1S/C16H15N3O3/c17-14-13(16(20)21)19-15(22-11-8-2-1-3-9-11)12(18-14)10-6-4-5-7-10/h1-3,6,8-9H,4-5,7H2,(H2,17,18)(H,20,21). The number of nitrogens with zero attached hydrogens (tertiary/aromatic N) is 2. The number of hydrogen-bond acceptors (Lipinski definition) is 5. The molecule has 3 rings (SSSR count). The Labute approximate surface area is 127 Å². The molecule has 2 aromatic rings. The van der Waals surface area contributed by atoms with Crippen molar-refractivity contribution in [1.29, 1.82) is 0 Å². The molecule has 6 heteroatoms. The highest BCUT2D eigenvalue weighted by molar-refractivity contribution is 5.91. The Morgan fingerprint density at radius 2 is 2.00 bits per heavy atom. The molecule has 6 nitrogen and oxygen atoms in total. The fraction of sp³-hybridized carbons (Fsp3) is 0.188. The summed E-state index contributed by atoms with van der Waals surface area (Å²) in [4.78, 5) is 19.5. The van der Waals surface area contributed by atoms with E-state index in [0.29, 0.717) is 11.4 Å². The van der Waals surface area contributed by atoms with Gasteiger partial charge in [-0.25, -0.2) is 14.8 Å². The van der Waals surface area contributed by atoms with Crippen molar-refractivity contribution in [1.82, 2.24) is 9.97 Å². The van der Waals surface area contributed by atoms with E-state index in [1.165, 1.54) is 0 Å². The first-order valence-corrected chi connectivity index (χ1v) is 6.98. The first-order valence-electron chi connectivity index (χ1n) is 6.98. The lowest BCUT2D eigenvalue weighted by atomic mass is 10.1. The van der Waals surface area contributed by atoms with Crippen LogP contribution in [0.2, 0.25) is 0 Å². The Morgan fingerprint density at radius 3 is 2.64 bits per heavy atom. The highest BCUT2D eigenvalue weighted by atomic mass is 16.5. The largest absolute Gasteiger partial charge is 0.476 e. The Balaban J connectivity index is 2.07. The van der Waals surface area contributed by atoms with Crippen LogP contribution in [0.1, 0.15) is 35.4 Å². The average molecular weight is 297 g/mol. The zero-order valence-corrected chi connectivity index (χ0v) is 11.8. The van der Waals surface area contributed by atoms with Gasteiger partial charge in [-0.05, 0) is 37.0 Å². The second kappa shape index (κ2) is 5.85. The van der Waals surface area contributed by atoms with Crippen molar-refractivity contribution < 1.29 is 14.6 Å². The quantitative estimate of drug-likeness (QED) is 0.899. The summed E-state index contributed by atoms with van der Waals surface area (Å²) < 4.78 is 5.73. The molecule has 0 bridgehead atoms. The number of carboxylic acid groups (broad SMARTS) is 1. The number of anilines is 1. The molecular formula is C16H15N3O3. The molecule has 1 aromatic carbocycles. The minimum absolute atomic E-state index is 0.101. The Hall–Kier alpha value is -2.89. The number of carbonyl (C=O) groups is 1. The molecule has 0 saturated heterocycles. The van der Waals surface area contributed by atoms with Gasteiger partial charge < -0.3 is 15.6 Å². The third-order valence-electron chi connectivity index (χ3n) is 3.40. The van der Waals surface area contributed by atoms with Crippen molar-refractivity contribution in [2.24, 2.45) is 0 Å². The number of aromatic nitrogens is 2. The van der Waals surface area contributed by atoms with Crippen LogP contribution < -0.4 is 10.5 Å². The van der Waals surface area contributed by atoms with E-state index in [0.717, 1.165) is 24.8 Å². The Morgan fingerprint density at radius 1 is 1.23 bits per heavy atom. The number of carboxylic acids is 1. The van der Waals surface area contributed by atoms with Crippen LogP contribution >= 0.6 is 0 Å². The molecule has 0 aliphatic heterocycles. The van der Waals surface area contributed by atoms with Gasteiger partial charge in [-0.3, -0.25) is 0 Å². The van der Waals surface area contributed by atoms with Crippen molar-refractivity contribution in [2.45, 2.75) is 19.3 Å². The first kappa shape index (κ1) is 14.1. The molecule has 0 fully saturated rings. The second-order valence-electron chi connectivity index (χ2n) is 4.95. The van der Waals surface area contributed by atoms with E-state index in [9.17, 15) is 4.79 Å². The van der Waals surface area contributed by atoms with Gasteiger partial charge in [0.1, 0.15) is 11.4 Å². The first-order chi connectivity index (χ1) is 10.6. The van der Waals surface area contributed by atoms with Gasteiger partial charge in [0.15, 0.2) is 11.5 Å². The van der Waals surface area contributed by atoms with Crippen LogP contribution in [0, 0.1) is 0 Å². The van der Waals surface area contributed by atoms with E-state index >= 15 is 0 Å². The van der Waals surface area contributed by atoms with E-state index in [2.05, 4.69) is 16.0 Å². The average Bonchev–Trinajstić information content (AvgIpc) is 3.03. The number of hydrogen-bond donors (Lipinski definition) is 2. The van der Waals surface area contributed by atoms with E-state index in [1.54, 1.807) is 12.1 Å². The third-order valence-corrected chi connectivity index (χ3v) is 3.40.